The number of nitrogens with one attached hydrogen (secondary N) is 1. The van der Waals surface area contributed by atoms with E-state index in [4.69, 9.17) is 9.47 Å². The van der Waals surface area contributed by atoms with Crippen LogP contribution in [0.2, 0.25) is 0 Å². The lowest BCUT2D eigenvalue weighted by Gasteiger charge is -2.41. The summed E-state index contributed by atoms with van der Waals surface area (Å²) in [5.74, 6) is 0.941. The fourth-order valence-corrected chi connectivity index (χ4v) is 3.43. The van der Waals surface area contributed by atoms with Crippen molar-refractivity contribution in [3.05, 3.63) is 23.9 Å². The lowest BCUT2D eigenvalue weighted by molar-refractivity contribution is -0.117. The Labute approximate surface area is 149 Å². The van der Waals surface area contributed by atoms with Crippen molar-refractivity contribution in [2.45, 2.75) is 39.0 Å². The van der Waals surface area contributed by atoms with Crippen LogP contribution in [0.3, 0.4) is 0 Å². The van der Waals surface area contributed by atoms with Crippen molar-refractivity contribution >= 4 is 11.8 Å². The van der Waals surface area contributed by atoms with Gasteiger partial charge in [0.1, 0.15) is 5.82 Å². The zero-order chi connectivity index (χ0) is 17.9. The van der Waals surface area contributed by atoms with Crippen LogP contribution in [0, 0.1) is 0 Å². The summed E-state index contributed by atoms with van der Waals surface area (Å²) in [6.07, 6.45) is 1.84. The predicted molar refractivity (Wildman–Crippen MR) is 95.7 cm³/mol. The van der Waals surface area contributed by atoms with Gasteiger partial charge >= 0.3 is 6.03 Å². The number of amides is 2. The van der Waals surface area contributed by atoms with E-state index in [1.54, 1.807) is 6.20 Å². The molecule has 7 nitrogen and oxygen atoms in total. The number of urea groups is 1. The highest BCUT2D eigenvalue weighted by Crippen LogP contribution is 2.21. The standard InChI is InChI=1S/C18H28N4O3/c1-14-12-22(13-18(2,3)25-14)17(23)20-11-15-4-5-19-16(10-15)21-6-8-24-9-7-21/h4-5,10,14H,6-9,11-13H2,1-3H3,(H,20,23). The van der Waals surface area contributed by atoms with Gasteiger partial charge in [-0.1, -0.05) is 0 Å². The maximum atomic E-state index is 12.5. The molecule has 138 valence electrons. The van der Waals surface area contributed by atoms with Gasteiger partial charge in [0.15, 0.2) is 0 Å². The molecule has 0 bridgehead atoms. The Hall–Kier alpha value is -1.86. The second-order valence-corrected chi connectivity index (χ2v) is 7.35. The van der Waals surface area contributed by atoms with Crippen molar-refractivity contribution in [3.8, 4) is 0 Å². The summed E-state index contributed by atoms with van der Waals surface area (Å²) in [6, 6.07) is 3.93. The Bertz CT molecular complexity index is 602. The highest BCUT2D eigenvalue weighted by molar-refractivity contribution is 5.74. The monoisotopic (exact) mass is 348 g/mol. The Morgan fingerprint density at radius 3 is 2.88 bits per heavy atom. The number of carbonyl (C=O) groups excluding carboxylic acids is 1. The minimum atomic E-state index is -0.310. The van der Waals surface area contributed by atoms with Crippen molar-refractivity contribution in [1.82, 2.24) is 15.2 Å². The van der Waals surface area contributed by atoms with Gasteiger partial charge in [-0.3, -0.25) is 0 Å². The van der Waals surface area contributed by atoms with Crippen LogP contribution < -0.4 is 10.2 Å². The predicted octanol–water partition coefficient (Wildman–Crippen LogP) is 1.63. The molecule has 0 spiro atoms. The third kappa shape index (κ3) is 4.83. The quantitative estimate of drug-likeness (QED) is 0.899. The number of morpholine rings is 2. The Balaban J connectivity index is 1.57. The van der Waals surface area contributed by atoms with E-state index in [0.29, 0.717) is 19.6 Å². The highest BCUT2D eigenvalue weighted by atomic mass is 16.5. The molecule has 1 aromatic heterocycles. The molecule has 2 fully saturated rings. The smallest absolute Gasteiger partial charge is 0.317 e. The third-order valence-electron chi connectivity index (χ3n) is 4.45. The Morgan fingerprint density at radius 2 is 2.16 bits per heavy atom. The summed E-state index contributed by atoms with van der Waals surface area (Å²) in [7, 11) is 0. The second-order valence-electron chi connectivity index (χ2n) is 7.35. The number of carbonyl (C=O) groups is 1. The normalized spacial score (nSPS) is 23.4. The molecule has 2 saturated heterocycles. The summed E-state index contributed by atoms with van der Waals surface area (Å²) in [4.78, 5) is 21.0. The molecule has 0 aromatic carbocycles. The SMILES string of the molecule is CC1CN(C(=O)NCc2ccnc(N3CCOCC3)c2)CC(C)(C)O1. The fourth-order valence-electron chi connectivity index (χ4n) is 3.43. The molecule has 1 unspecified atom stereocenters. The first-order chi connectivity index (χ1) is 11.9. The van der Waals surface area contributed by atoms with Crippen LogP contribution in [0.1, 0.15) is 26.3 Å². The molecule has 2 aliphatic heterocycles. The lowest BCUT2D eigenvalue weighted by atomic mass is 10.1. The minimum absolute atomic E-state index is 0.0448. The third-order valence-corrected chi connectivity index (χ3v) is 4.45. The van der Waals surface area contributed by atoms with E-state index in [-0.39, 0.29) is 17.7 Å². The van der Waals surface area contributed by atoms with Gasteiger partial charge < -0.3 is 24.6 Å². The van der Waals surface area contributed by atoms with Crippen molar-refractivity contribution in [3.63, 3.8) is 0 Å². The van der Waals surface area contributed by atoms with Gasteiger partial charge in [0.2, 0.25) is 0 Å². The molecule has 0 radical (unpaired) electrons. The van der Waals surface area contributed by atoms with E-state index in [9.17, 15) is 4.79 Å². The largest absolute Gasteiger partial charge is 0.378 e. The minimum Gasteiger partial charge on any atom is -0.378 e. The molecule has 3 heterocycles. The first-order valence-corrected chi connectivity index (χ1v) is 8.91. The number of anilines is 1. The molecule has 1 aromatic rings. The highest BCUT2D eigenvalue weighted by Gasteiger charge is 2.33. The zero-order valence-electron chi connectivity index (χ0n) is 15.3. The van der Waals surface area contributed by atoms with Crippen LogP contribution in [0.5, 0.6) is 0 Å². The van der Waals surface area contributed by atoms with Crippen LogP contribution in [0.4, 0.5) is 10.6 Å². The maximum absolute atomic E-state index is 12.5. The average Bonchev–Trinajstić information content (AvgIpc) is 2.59. The van der Waals surface area contributed by atoms with Crippen LogP contribution in [0.15, 0.2) is 18.3 Å². The van der Waals surface area contributed by atoms with Crippen molar-refractivity contribution in [1.29, 1.82) is 0 Å². The van der Waals surface area contributed by atoms with Crippen molar-refractivity contribution in [2.24, 2.45) is 0 Å². The van der Waals surface area contributed by atoms with Crippen molar-refractivity contribution in [2.75, 3.05) is 44.3 Å². The van der Waals surface area contributed by atoms with E-state index < -0.39 is 0 Å². The second kappa shape index (κ2) is 7.58. The first-order valence-electron chi connectivity index (χ1n) is 8.91. The van der Waals surface area contributed by atoms with Crippen LogP contribution in [0.25, 0.3) is 0 Å². The fraction of sp³-hybridized carbons (Fsp3) is 0.667. The number of pyridine rings is 1. The van der Waals surface area contributed by atoms with Gasteiger partial charge in [-0.2, -0.15) is 0 Å². The molecule has 3 rings (SSSR count). The Kier molecular flexibility index (Phi) is 5.44. The molecule has 25 heavy (non-hydrogen) atoms. The molecule has 2 amide bonds. The van der Waals surface area contributed by atoms with Gasteiger partial charge in [-0.25, -0.2) is 9.78 Å². The summed E-state index contributed by atoms with van der Waals surface area (Å²) in [6.45, 7) is 10.9. The average molecular weight is 348 g/mol. The van der Waals surface area contributed by atoms with Gasteiger partial charge in [0, 0.05) is 32.4 Å². The van der Waals surface area contributed by atoms with E-state index in [0.717, 1.165) is 37.7 Å². The van der Waals surface area contributed by atoms with E-state index in [2.05, 4.69) is 15.2 Å². The summed E-state index contributed by atoms with van der Waals surface area (Å²) < 4.78 is 11.2. The molecule has 7 heteroatoms. The number of rotatable bonds is 3. The van der Waals surface area contributed by atoms with E-state index in [1.165, 1.54) is 0 Å². The zero-order valence-corrected chi connectivity index (χ0v) is 15.3. The number of aromatic nitrogens is 1. The summed E-state index contributed by atoms with van der Waals surface area (Å²) in [5.41, 5.74) is 0.736. The molecule has 1 N–H and O–H groups in total. The molecular weight excluding hydrogens is 320 g/mol. The molecule has 0 aliphatic carbocycles. The lowest BCUT2D eigenvalue weighted by Crippen LogP contribution is -2.56. The molecule has 0 saturated carbocycles. The van der Waals surface area contributed by atoms with Crippen LogP contribution >= 0.6 is 0 Å². The topological polar surface area (TPSA) is 66.9 Å². The van der Waals surface area contributed by atoms with Gasteiger partial charge in [-0.05, 0) is 38.5 Å². The van der Waals surface area contributed by atoms with E-state index in [1.807, 2.05) is 37.8 Å². The maximum Gasteiger partial charge on any atom is 0.317 e. The van der Waals surface area contributed by atoms with Gasteiger partial charge in [0.05, 0.1) is 31.5 Å². The molecule has 1 atom stereocenters. The number of nitrogens with zero attached hydrogens (tertiary/aromatic N) is 3. The summed E-state index contributed by atoms with van der Waals surface area (Å²) in [5, 5.41) is 3.02. The van der Waals surface area contributed by atoms with Gasteiger partial charge in [-0.15, -0.1) is 0 Å². The number of hydrogen-bond acceptors (Lipinski definition) is 5. The van der Waals surface area contributed by atoms with Crippen LogP contribution in [-0.4, -0.2) is 67.0 Å². The van der Waals surface area contributed by atoms with E-state index >= 15 is 0 Å². The first kappa shape index (κ1) is 17.9. The van der Waals surface area contributed by atoms with Gasteiger partial charge in [0.25, 0.3) is 0 Å². The van der Waals surface area contributed by atoms with Crippen molar-refractivity contribution < 1.29 is 14.3 Å². The molecular formula is C18H28N4O3. The number of ether oxygens (including phenoxy) is 2. The molecule has 2 aliphatic rings. The number of hydrogen-bond donors (Lipinski definition) is 1. The summed E-state index contributed by atoms with van der Waals surface area (Å²) >= 11 is 0. The van der Waals surface area contributed by atoms with Crippen LogP contribution in [-0.2, 0) is 16.0 Å². The Morgan fingerprint density at radius 1 is 1.40 bits per heavy atom.